The van der Waals surface area contributed by atoms with Gasteiger partial charge in [-0.3, -0.25) is 9.69 Å². The summed E-state index contributed by atoms with van der Waals surface area (Å²) in [6.45, 7) is 1.75. The van der Waals surface area contributed by atoms with Crippen LogP contribution in [-0.4, -0.2) is 35.1 Å². The summed E-state index contributed by atoms with van der Waals surface area (Å²) in [5.41, 5.74) is 0.640. The van der Waals surface area contributed by atoms with E-state index in [1.807, 2.05) is 0 Å². The Morgan fingerprint density at radius 2 is 1.90 bits per heavy atom. The van der Waals surface area contributed by atoms with Gasteiger partial charge in [0.05, 0.1) is 6.42 Å². The van der Waals surface area contributed by atoms with Gasteiger partial charge in [0, 0.05) is 6.04 Å². The number of carbonyl (C=O) groups is 1. The minimum Gasteiger partial charge on any atom is -0.481 e. The first-order valence-corrected chi connectivity index (χ1v) is 6.96. The maximum atomic E-state index is 13.2. The van der Waals surface area contributed by atoms with Crippen LogP contribution in [-0.2, 0) is 11.2 Å². The number of rotatable bonds is 5. The third-order valence-electron chi connectivity index (χ3n) is 3.77. The van der Waals surface area contributed by atoms with Gasteiger partial charge in [-0.05, 0) is 50.0 Å². The topological polar surface area (TPSA) is 40.5 Å². The fraction of sp³-hybridized carbons (Fsp3) is 0.533. The summed E-state index contributed by atoms with van der Waals surface area (Å²) in [5, 5.41) is 9.03. The number of benzene rings is 1. The fourth-order valence-corrected chi connectivity index (χ4v) is 2.75. The molecule has 1 aliphatic heterocycles. The highest BCUT2D eigenvalue weighted by atomic mass is 19.2. The van der Waals surface area contributed by atoms with Crippen LogP contribution >= 0.6 is 0 Å². The summed E-state index contributed by atoms with van der Waals surface area (Å²) in [7, 11) is 0. The normalized spacial score (nSPS) is 17.9. The molecule has 110 valence electrons. The molecule has 5 heteroatoms. The van der Waals surface area contributed by atoms with Crippen molar-refractivity contribution >= 4 is 5.97 Å². The predicted molar refractivity (Wildman–Crippen MR) is 71.5 cm³/mol. The SMILES string of the molecule is O=C(O)CC(Cc1ccc(F)c(F)c1)N1CCCCC1. The van der Waals surface area contributed by atoms with Crippen LogP contribution in [0.2, 0.25) is 0 Å². The lowest BCUT2D eigenvalue weighted by Gasteiger charge is -2.34. The molecule has 1 aliphatic rings. The van der Waals surface area contributed by atoms with Crippen LogP contribution < -0.4 is 0 Å². The highest BCUT2D eigenvalue weighted by Crippen LogP contribution is 2.19. The molecule has 20 heavy (non-hydrogen) atoms. The average molecular weight is 283 g/mol. The maximum Gasteiger partial charge on any atom is 0.304 e. The van der Waals surface area contributed by atoms with Crippen molar-refractivity contribution in [2.24, 2.45) is 0 Å². The molecule has 1 saturated heterocycles. The monoisotopic (exact) mass is 283 g/mol. The maximum absolute atomic E-state index is 13.2. The number of nitrogens with zero attached hydrogens (tertiary/aromatic N) is 1. The molecule has 0 aromatic heterocycles. The first-order chi connectivity index (χ1) is 9.56. The number of hydrogen-bond acceptors (Lipinski definition) is 2. The number of piperidine rings is 1. The van der Waals surface area contributed by atoms with Crippen LogP contribution in [0.15, 0.2) is 18.2 Å². The van der Waals surface area contributed by atoms with Gasteiger partial charge in [-0.15, -0.1) is 0 Å². The summed E-state index contributed by atoms with van der Waals surface area (Å²) >= 11 is 0. The molecule has 1 aromatic rings. The summed E-state index contributed by atoms with van der Waals surface area (Å²) in [5.74, 6) is -2.61. The zero-order valence-electron chi connectivity index (χ0n) is 11.3. The van der Waals surface area contributed by atoms with E-state index in [1.54, 1.807) is 0 Å². The second kappa shape index (κ2) is 6.79. The Morgan fingerprint density at radius 1 is 1.20 bits per heavy atom. The standard InChI is InChI=1S/C15H19F2NO2/c16-13-5-4-11(9-14(13)17)8-12(10-15(19)20)18-6-2-1-3-7-18/h4-5,9,12H,1-3,6-8,10H2,(H,19,20). The molecule has 0 aliphatic carbocycles. The Bertz CT molecular complexity index is 473. The lowest BCUT2D eigenvalue weighted by atomic mass is 9.99. The molecule has 1 unspecified atom stereocenters. The molecule has 0 bridgehead atoms. The zero-order chi connectivity index (χ0) is 14.5. The smallest absolute Gasteiger partial charge is 0.304 e. The van der Waals surface area contributed by atoms with Crippen molar-refractivity contribution in [3.8, 4) is 0 Å². The lowest BCUT2D eigenvalue weighted by molar-refractivity contribution is -0.138. The van der Waals surface area contributed by atoms with Crippen molar-refractivity contribution in [3.05, 3.63) is 35.4 Å². The number of aliphatic carboxylic acids is 1. The molecular formula is C15H19F2NO2. The molecular weight excluding hydrogens is 264 g/mol. The van der Waals surface area contributed by atoms with E-state index in [2.05, 4.69) is 4.90 Å². The van der Waals surface area contributed by atoms with Gasteiger partial charge < -0.3 is 5.11 Å². The van der Waals surface area contributed by atoms with Gasteiger partial charge in [0.1, 0.15) is 0 Å². The fourth-order valence-electron chi connectivity index (χ4n) is 2.75. The Balaban J connectivity index is 2.09. The molecule has 1 aromatic carbocycles. The number of likely N-dealkylation sites (tertiary alicyclic amines) is 1. The predicted octanol–water partition coefficient (Wildman–Crippen LogP) is 2.84. The van der Waals surface area contributed by atoms with Gasteiger partial charge in [0.15, 0.2) is 11.6 Å². The number of halogens is 2. The Kier molecular flexibility index (Phi) is 5.06. The Labute approximate surface area is 117 Å². The van der Waals surface area contributed by atoms with Crippen molar-refractivity contribution in [2.75, 3.05) is 13.1 Å². The molecule has 1 N–H and O–H groups in total. The van der Waals surface area contributed by atoms with Crippen LogP contribution in [0.5, 0.6) is 0 Å². The van der Waals surface area contributed by atoms with Crippen molar-refractivity contribution in [1.82, 2.24) is 4.90 Å². The summed E-state index contributed by atoms with van der Waals surface area (Å²) in [4.78, 5) is 13.2. The second-order valence-corrected chi connectivity index (χ2v) is 5.30. The van der Waals surface area contributed by atoms with E-state index < -0.39 is 17.6 Å². The molecule has 0 saturated carbocycles. The number of carboxylic acids is 1. The van der Waals surface area contributed by atoms with Crippen molar-refractivity contribution in [1.29, 1.82) is 0 Å². The third kappa shape index (κ3) is 4.00. The van der Waals surface area contributed by atoms with E-state index in [0.29, 0.717) is 12.0 Å². The van der Waals surface area contributed by atoms with Gasteiger partial charge in [-0.2, -0.15) is 0 Å². The number of carboxylic acid groups (broad SMARTS) is 1. The highest BCUT2D eigenvalue weighted by molar-refractivity contribution is 5.67. The average Bonchev–Trinajstić information content (AvgIpc) is 2.43. The van der Waals surface area contributed by atoms with Gasteiger partial charge in [-0.25, -0.2) is 8.78 Å². The van der Waals surface area contributed by atoms with Gasteiger partial charge in [0.2, 0.25) is 0 Å². The first-order valence-electron chi connectivity index (χ1n) is 6.96. The Hall–Kier alpha value is -1.49. The molecule has 0 radical (unpaired) electrons. The van der Waals surface area contributed by atoms with Crippen molar-refractivity contribution in [2.45, 2.75) is 38.1 Å². The summed E-state index contributed by atoms with van der Waals surface area (Å²) < 4.78 is 26.2. The molecule has 3 nitrogen and oxygen atoms in total. The van der Waals surface area contributed by atoms with E-state index in [9.17, 15) is 13.6 Å². The molecule has 1 atom stereocenters. The summed E-state index contributed by atoms with van der Waals surface area (Å²) in [6, 6.07) is 3.63. The molecule has 1 heterocycles. The zero-order valence-corrected chi connectivity index (χ0v) is 11.3. The third-order valence-corrected chi connectivity index (χ3v) is 3.77. The van der Waals surface area contributed by atoms with Gasteiger partial charge >= 0.3 is 5.97 Å². The van der Waals surface area contributed by atoms with E-state index in [0.717, 1.165) is 38.1 Å². The second-order valence-electron chi connectivity index (χ2n) is 5.30. The van der Waals surface area contributed by atoms with Crippen LogP contribution in [0.25, 0.3) is 0 Å². The lowest BCUT2D eigenvalue weighted by Crippen LogP contribution is -2.41. The van der Waals surface area contributed by atoms with E-state index in [-0.39, 0.29) is 12.5 Å². The van der Waals surface area contributed by atoms with Crippen molar-refractivity contribution in [3.63, 3.8) is 0 Å². The van der Waals surface area contributed by atoms with Crippen LogP contribution in [0.1, 0.15) is 31.2 Å². The molecule has 0 amide bonds. The quantitative estimate of drug-likeness (QED) is 0.903. The summed E-state index contributed by atoms with van der Waals surface area (Å²) in [6.07, 6.45) is 3.76. The van der Waals surface area contributed by atoms with Crippen molar-refractivity contribution < 1.29 is 18.7 Å². The van der Waals surface area contributed by atoms with Crippen LogP contribution in [0, 0.1) is 11.6 Å². The van der Waals surface area contributed by atoms with Gasteiger partial charge in [0.25, 0.3) is 0 Å². The first kappa shape index (κ1) is 14.9. The number of hydrogen-bond donors (Lipinski definition) is 1. The van der Waals surface area contributed by atoms with E-state index in [1.165, 1.54) is 12.5 Å². The largest absolute Gasteiger partial charge is 0.481 e. The van der Waals surface area contributed by atoms with Crippen LogP contribution in [0.3, 0.4) is 0 Å². The van der Waals surface area contributed by atoms with E-state index in [4.69, 9.17) is 5.11 Å². The molecule has 0 spiro atoms. The molecule has 2 rings (SSSR count). The molecule has 1 fully saturated rings. The highest BCUT2D eigenvalue weighted by Gasteiger charge is 2.23. The van der Waals surface area contributed by atoms with Gasteiger partial charge in [-0.1, -0.05) is 12.5 Å². The van der Waals surface area contributed by atoms with Crippen LogP contribution in [0.4, 0.5) is 8.78 Å². The minimum absolute atomic E-state index is 0.0268. The Morgan fingerprint density at radius 3 is 2.50 bits per heavy atom. The minimum atomic E-state index is -0.879. The van der Waals surface area contributed by atoms with E-state index >= 15 is 0 Å².